The van der Waals surface area contributed by atoms with E-state index in [0.29, 0.717) is 18.0 Å². The lowest BCUT2D eigenvalue weighted by Gasteiger charge is -2.32. The van der Waals surface area contributed by atoms with Gasteiger partial charge in [-0.2, -0.15) is 4.31 Å². The Morgan fingerprint density at radius 2 is 1.67 bits per heavy atom. The summed E-state index contributed by atoms with van der Waals surface area (Å²) >= 11 is 0. The number of ether oxygens (including phenoxy) is 1. The van der Waals surface area contributed by atoms with Crippen LogP contribution >= 0.6 is 0 Å². The molecular weight excluding hydrogens is 360 g/mol. The smallest absolute Gasteiger partial charge is 0.243 e. The molecule has 0 atom stereocenters. The Labute approximate surface area is 162 Å². The van der Waals surface area contributed by atoms with Crippen molar-refractivity contribution in [2.75, 3.05) is 33.3 Å². The summed E-state index contributed by atoms with van der Waals surface area (Å²) in [4.78, 5) is 1.83. The average Bonchev–Trinajstić information content (AvgIpc) is 2.66. The van der Waals surface area contributed by atoms with Gasteiger partial charge in [0.1, 0.15) is 12.3 Å². The van der Waals surface area contributed by atoms with Crippen molar-refractivity contribution in [3.63, 3.8) is 0 Å². The summed E-state index contributed by atoms with van der Waals surface area (Å²) in [6.45, 7) is 9.36. The van der Waals surface area contributed by atoms with Gasteiger partial charge in [-0.05, 0) is 43.5 Å². The summed E-state index contributed by atoms with van der Waals surface area (Å²) in [6, 6.07) is 12.1. The quantitative estimate of drug-likeness (QED) is 0.847. The van der Waals surface area contributed by atoms with Gasteiger partial charge in [-0.25, -0.2) is 8.42 Å². The molecule has 0 aromatic heterocycles. The number of aryl methyl sites for hydroxylation is 1. The molecule has 2 aromatic rings. The molecule has 1 N–H and O–H groups in total. The molecule has 0 radical (unpaired) electrons. The first-order valence-electron chi connectivity index (χ1n) is 9.37. The number of hydrogen-bond donors (Lipinski definition) is 1. The fourth-order valence-corrected chi connectivity index (χ4v) is 5.65. The van der Waals surface area contributed by atoms with Gasteiger partial charge < -0.3 is 9.64 Å². The Balaban J connectivity index is 1.76. The van der Waals surface area contributed by atoms with E-state index in [0.717, 1.165) is 42.1 Å². The molecule has 0 bridgehead atoms. The van der Waals surface area contributed by atoms with Crippen LogP contribution in [-0.4, -0.2) is 46.0 Å². The molecule has 0 spiro atoms. The summed E-state index contributed by atoms with van der Waals surface area (Å²) in [5.74, 6) is 0.767. The molecule has 1 aliphatic heterocycles. The van der Waals surface area contributed by atoms with Crippen LogP contribution in [0.5, 0.6) is 5.75 Å². The average molecular weight is 390 g/mol. The summed E-state index contributed by atoms with van der Waals surface area (Å²) < 4.78 is 33.6. The molecule has 1 saturated heterocycles. The second-order valence-corrected chi connectivity index (χ2v) is 9.20. The highest BCUT2D eigenvalue weighted by molar-refractivity contribution is 7.89. The van der Waals surface area contributed by atoms with E-state index < -0.39 is 10.0 Å². The number of quaternary nitrogens is 1. The van der Waals surface area contributed by atoms with Crippen LogP contribution in [-0.2, 0) is 16.6 Å². The fourth-order valence-electron chi connectivity index (χ4n) is 3.85. The highest BCUT2D eigenvalue weighted by Gasteiger charge is 2.32. The Kier molecular flexibility index (Phi) is 5.89. The van der Waals surface area contributed by atoms with Crippen molar-refractivity contribution in [1.82, 2.24) is 4.31 Å². The van der Waals surface area contributed by atoms with Crippen molar-refractivity contribution in [3.8, 4) is 5.75 Å². The Morgan fingerprint density at radius 3 is 2.26 bits per heavy atom. The number of sulfonamides is 1. The molecule has 3 rings (SSSR count). The van der Waals surface area contributed by atoms with Crippen LogP contribution in [0.4, 0.5) is 0 Å². The number of rotatable bonds is 5. The zero-order valence-corrected chi connectivity index (χ0v) is 17.4. The summed E-state index contributed by atoms with van der Waals surface area (Å²) in [5, 5.41) is 0. The molecule has 1 fully saturated rings. The van der Waals surface area contributed by atoms with Gasteiger partial charge in [0.25, 0.3) is 0 Å². The monoisotopic (exact) mass is 389 g/mol. The van der Waals surface area contributed by atoms with Crippen LogP contribution in [0.3, 0.4) is 0 Å². The first-order chi connectivity index (χ1) is 12.8. The van der Waals surface area contributed by atoms with Crippen LogP contribution in [0.15, 0.2) is 41.3 Å². The minimum absolute atomic E-state index is 0.407. The molecule has 6 heteroatoms. The van der Waals surface area contributed by atoms with Gasteiger partial charge in [0, 0.05) is 5.56 Å². The second-order valence-electron chi connectivity index (χ2n) is 7.29. The Bertz CT molecular complexity index is 903. The largest absolute Gasteiger partial charge is 0.496 e. The number of methoxy groups -OCH3 is 1. The first-order valence-corrected chi connectivity index (χ1v) is 10.8. The van der Waals surface area contributed by atoms with E-state index in [4.69, 9.17) is 4.74 Å². The second kappa shape index (κ2) is 8.00. The van der Waals surface area contributed by atoms with Gasteiger partial charge in [-0.15, -0.1) is 0 Å². The van der Waals surface area contributed by atoms with E-state index >= 15 is 0 Å². The standard InChI is InChI=1S/C21H28N2O3S/c1-16-14-20(17(2)18(3)21(16)26-4)27(24,25)23-12-10-22(11-13-23)15-19-8-6-5-7-9-19/h5-9,14H,10-13,15H2,1-4H3/p+1. The zero-order chi connectivity index (χ0) is 19.6. The lowest BCUT2D eigenvalue weighted by atomic mass is 10.1. The number of nitrogens with one attached hydrogen (secondary N) is 1. The van der Waals surface area contributed by atoms with E-state index in [9.17, 15) is 8.42 Å². The van der Waals surface area contributed by atoms with Crippen LogP contribution in [0.25, 0.3) is 0 Å². The minimum atomic E-state index is -3.49. The van der Waals surface area contributed by atoms with E-state index in [1.165, 1.54) is 10.5 Å². The third-order valence-corrected chi connectivity index (χ3v) is 7.55. The van der Waals surface area contributed by atoms with Gasteiger partial charge in [0.15, 0.2) is 0 Å². The number of piperazine rings is 1. The van der Waals surface area contributed by atoms with Crippen molar-refractivity contribution in [2.45, 2.75) is 32.2 Å². The number of hydrogen-bond acceptors (Lipinski definition) is 3. The first kappa shape index (κ1) is 19.9. The molecule has 0 amide bonds. The third-order valence-electron chi connectivity index (χ3n) is 5.53. The predicted octanol–water partition coefficient (Wildman–Crippen LogP) is 1.71. The maximum Gasteiger partial charge on any atom is 0.243 e. The Morgan fingerprint density at radius 1 is 1.04 bits per heavy atom. The summed E-state index contributed by atoms with van der Waals surface area (Å²) in [7, 11) is -1.87. The fraction of sp³-hybridized carbons (Fsp3) is 0.429. The number of benzene rings is 2. The maximum atomic E-state index is 13.3. The van der Waals surface area contributed by atoms with Crippen molar-refractivity contribution in [1.29, 1.82) is 0 Å². The van der Waals surface area contributed by atoms with Gasteiger partial charge >= 0.3 is 0 Å². The lowest BCUT2D eigenvalue weighted by molar-refractivity contribution is -0.917. The van der Waals surface area contributed by atoms with E-state index in [2.05, 4.69) is 12.1 Å². The SMILES string of the molecule is COc1c(C)cc(S(=O)(=O)N2CC[NH+](Cc3ccccc3)CC2)c(C)c1C. The van der Waals surface area contributed by atoms with Crippen LogP contribution in [0, 0.1) is 20.8 Å². The molecule has 1 heterocycles. The molecule has 1 aliphatic rings. The molecule has 27 heavy (non-hydrogen) atoms. The topological polar surface area (TPSA) is 51.1 Å². The van der Waals surface area contributed by atoms with Crippen LogP contribution < -0.4 is 9.64 Å². The van der Waals surface area contributed by atoms with E-state index in [1.54, 1.807) is 17.5 Å². The molecule has 0 aliphatic carbocycles. The molecule has 5 nitrogen and oxygen atoms in total. The van der Waals surface area contributed by atoms with E-state index in [1.807, 2.05) is 39.0 Å². The number of nitrogens with zero attached hydrogens (tertiary/aromatic N) is 1. The third kappa shape index (κ3) is 4.03. The lowest BCUT2D eigenvalue weighted by Crippen LogP contribution is -3.13. The Hall–Kier alpha value is -1.89. The van der Waals surface area contributed by atoms with Crippen molar-refractivity contribution in [2.24, 2.45) is 0 Å². The van der Waals surface area contributed by atoms with Gasteiger partial charge in [-0.3, -0.25) is 0 Å². The van der Waals surface area contributed by atoms with E-state index in [-0.39, 0.29) is 0 Å². The highest BCUT2D eigenvalue weighted by Crippen LogP contribution is 2.32. The van der Waals surface area contributed by atoms with Crippen molar-refractivity contribution < 1.29 is 18.1 Å². The molecule has 0 unspecified atom stereocenters. The van der Waals surface area contributed by atoms with Gasteiger partial charge in [0.2, 0.25) is 10.0 Å². The molecular formula is C21H29N2O3S+. The minimum Gasteiger partial charge on any atom is -0.496 e. The van der Waals surface area contributed by atoms with Crippen LogP contribution in [0.1, 0.15) is 22.3 Å². The molecule has 146 valence electrons. The predicted molar refractivity (Wildman–Crippen MR) is 107 cm³/mol. The molecule has 2 aromatic carbocycles. The summed E-state index contributed by atoms with van der Waals surface area (Å²) in [6.07, 6.45) is 0. The zero-order valence-electron chi connectivity index (χ0n) is 16.6. The normalized spacial score (nSPS) is 16.4. The van der Waals surface area contributed by atoms with Crippen LogP contribution in [0.2, 0.25) is 0 Å². The van der Waals surface area contributed by atoms with Gasteiger partial charge in [0.05, 0.1) is 38.2 Å². The van der Waals surface area contributed by atoms with Crippen molar-refractivity contribution >= 4 is 10.0 Å². The highest BCUT2D eigenvalue weighted by atomic mass is 32.2. The molecule has 0 saturated carbocycles. The maximum absolute atomic E-state index is 13.3. The summed E-state index contributed by atoms with van der Waals surface area (Å²) in [5.41, 5.74) is 3.81. The van der Waals surface area contributed by atoms with Gasteiger partial charge in [-0.1, -0.05) is 30.3 Å². The van der Waals surface area contributed by atoms with Crippen molar-refractivity contribution in [3.05, 3.63) is 58.7 Å².